The van der Waals surface area contributed by atoms with Crippen LogP contribution in [0.5, 0.6) is 0 Å². The number of nitrogens with zero attached hydrogens (tertiary/aromatic N) is 2. The Kier molecular flexibility index (Phi) is 7.91. The summed E-state index contributed by atoms with van der Waals surface area (Å²) in [4.78, 5) is 0. The maximum atomic E-state index is 10.3. The summed E-state index contributed by atoms with van der Waals surface area (Å²) in [5.74, 6) is 0. The molecule has 2 heteroatoms. The Morgan fingerprint density at radius 3 is 1.31 bits per heavy atom. The molecule has 7 rings (SSSR count). The maximum Gasteiger partial charge on any atom is 0.100 e. The fourth-order valence-corrected chi connectivity index (χ4v) is 6.45. The lowest BCUT2D eigenvalue weighted by molar-refractivity contribution is 0.661. The predicted molar refractivity (Wildman–Crippen MR) is 187 cm³/mol. The first kappa shape index (κ1) is 29.4. The van der Waals surface area contributed by atoms with E-state index >= 15 is 0 Å². The van der Waals surface area contributed by atoms with E-state index in [4.69, 9.17) is 0 Å². The molecule has 0 saturated heterocycles. The van der Waals surface area contributed by atoms with Gasteiger partial charge < -0.3 is 0 Å². The van der Waals surface area contributed by atoms with Crippen molar-refractivity contribution < 1.29 is 0 Å². The van der Waals surface area contributed by atoms with Crippen molar-refractivity contribution in [2.45, 2.75) is 33.1 Å². The van der Waals surface area contributed by atoms with Crippen molar-refractivity contribution in [3.63, 3.8) is 0 Å². The van der Waals surface area contributed by atoms with Crippen molar-refractivity contribution in [2.75, 3.05) is 0 Å². The summed E-state index contributed by atoms with van der Waals surface area (Å²) >= 11 is 0. The molecule has 0 radical (unpaired) electrons. The lowest BCUT2D eigenvalue weighted by Gasteiger charge is -2.23. The van der Waals surface area contributed by atoms with Crippen LogP contribution < -0.4 is 0 Å². The zero-order valence-corrected chi connectivity index (χ0v) is 26.1. The molecule has 0 amide bonds. The van der Waals surface area contributed by atoms with E-state index in [1.54, 1.807) is 0 Å². The van der Waals surface area contributed by atoms with E-state index in [0.717, 1.165) is 44.5 Å². The quantitative estimate of drug-likeness (QED) is 0.209. The smallest absolute Gasteiger partial charge is 0.100 e. The van der Waals surface area contributed by atoms with Crippen LogP contribution in [0.4, 0.5) is 0 Å². The molecular weight excluding hydrogens is 544 g/mol. The number of fused-ring (bicyclic) bond motifs is 3. The molecular formula is C43H34N2. The number of hydrogen-bond acceptors (Lipinski definition) is 2. The largest absolute Gasteiger partial charge is 0.192 e. The maximum absolute atomic E-state index is 10.3. The van der Waals surface area contributed by atoms with E-state index in [1.807, 2.05) is 74.5 Å². The van der Waals surface area contributed by atoms with Gasteiger partial charge in [0.05, 0.1) is 17.2 Å². The summed E-state index contributed by atoms with van der Waals surface area (Å²) in [6, 6.07) is 50.7. The molecule has 0 spiro atoms. The van der Waals surface area contributed by atoms with Crippen molar-refractivity contribution in [1.29, 1.82) is 10.5 Å². The fraction of sp³-hybridized carbons (Fsp3) is 0.116. The molecule has 45 heavy (non-hydrogen) atoms. The van der Waals surface area contributed by atoms with Crippen molar-refractivity contribution in [3.8, 4) is 67.8 Å². The van der Waals surface area contributed by atoms with E-state index in [-0.39, 0.29) is 5.41 Å². The van der Waals surface area contributed by atoms with E-state index in [0.29, 0.717) is 11.1 Å². The minimum Gasteiger partial charge on any atom is -0.192 e. The molecule has 0 atom stereocenters. The van der Waals surface area contributed by atoms with Crippen LogP contribution in [0.15, 0.2) is 133 Å². The normalized spacial score (nSPS) is 12.1. The van der Waals surface area contributed by atoms with Gasteiger partial charge in [-0.2, -0.15) is 10.5 Å². The first-order valence-electron chi connectivity index (χ1n) is 15.5. The standard InChI is InChI=1S/C41H28N2.C2H6/c1-41(2)39-23-31(28-15-13-27(25-42)14-16-28)17-19-34(39)35-20-18-32(24-40(35)41)33-21-36(29-9-5-3-6-10-29)38(26-43)37(22-33)30-11-7-4-8-12-30;1-2/h3-24H,1-2H3;1-2H3. The topological polar surface area (TPSA) is 47.6 Å². The fourth-order valence-electron chi connectivity index (χ4n) is 6.45. The molecule has 0 heterocycles. The van der Waals surface area contributed by atoms with Crippen molar-refractivity contribution in [3.05, 3.63) is 156 Å². The van der Waals surface area contributed by atoms with Crippen molar-refractivity contribution in [2.24, 2.45) is 0 Å². The van der Waals surface area contributed by atoms with Gasteiger partial charge in [-0.25, -0.2) is 0 Å². The third kappa shape index (κ3) is 5.22. The molecule has 0 bridgehead atoms. The summed E-state index contributed by atoms with van der Waals surface area (Å²) in [5.41, 5.74) is 14.7. The summed E-state index contributed by atoms with van der Waals surface area (Å²) in [6.07, 6.45) is 0. The second kappa shape index (κ2) is 12.1. The van der Waals surface area contributed by atoms with E-state index in [9.17, 15) is 10.5 Å². The second-order valence-electron chi connectivity index (χ2n) is 11.6. The van der Waals surface area contributed by atoms with Crippen LogP contribution in [-0.2, 0) is 5.41 Å². The van der Waals surface area contributed by atoms with Crippen molar-refractivity contribution >= 4 is 0 Å². The van der Waals surface area contributed by atoms with Gasteiger partial charge in [-0.3, -0.25) is 0 Å². The van der Waals surface area contributed by atoms with Crippen LogP contribution in [0.3, 0.4) is 0 Å². The summed E-state index contributed by atoms with van der Waals surface area (Å²) in [6.45, 7) is 8.60. The van der Waals surface area contributed by atoms with Gasteiger partial charge in [-0.1, -0.05) is 125 Å². The predicted octanol–water partition coefficient (Wildman–Crippen LogP) is 11.4. The lowest BCUT2D eigenvalue weighted by Crippen LogP contribution is -2.15. The van der Waals surface area contributed by atoms with Crippen molar-refractivity contribution in [1.82, 2.24) is 0 Å². The summed E-state index contributed by atoms with van der Waals surface area (Å²) in [7, 11) is 0. The van der Waals surface area contributed by atoms with Crippen LogP contribution >= 0.6 is 0 Å². The molecule has 0 aliphatic heterocycles. The molecule has 6 aromatic carbocycles. The van der Waals surface area contributed by atoms with Gasteiger partial charge in [-0.15, -0.1) is 0 Å². The Labute approximate surface area is 266 Å². The molecule has 0 unspecified atom stereocenters. The molecule has 0 fully saturated rings. The van der Waals surface area contributed by atoms with Crippen LogP contribution in [0.25, 0.3) is 55.6 Å². The molecule has 1 aliphatic carbocycles. The van der Waals surface area contributed by atoms with E-state index in [1.165, 1.54) is 22.3 Å². The Morgan fingerprint density at radius 2 is 0.867 bits per heavy atom. The van der Waals surface area contributed by atoms with Gasteiger partial charge in [0.15, 0.2) is 0 Å². The van der Waals surface area contributed by atoms with E-state index < -0.39 is 0 Å². The number of benzene rings is 6. The minimum absolute atomic E-state index is 0.194. The monoisotopic (exact) mass is 578 g/mol. The third-order valence-electron chi connectivity index (χ3n) is 8.78. The van der Waals surface area contributed by atoms with Gasteiger partial charge in [0.25, 0.3) is 0 Å². The summed E-state index contributed by atoms with van der Waals surface area (Å²) in [5, 5.41) is 19.6. The Bertz CT molecular complexity index is 2030. The number of hydrogen-bond donors (Lipinski definition) is 0. The van der Waals surface area contributed by atoms with Gasteiger partial charge in [0.2, 0.25) is 0 Å². The van der Waals surface area contributed by atoms with Gasteiger partial charge >= 0.3 is 0 Å². The first-order chi connectivity index (χ1) is 22.0. The molecule has 1 aliphatic rings. The highest BCUT2D eigenvalue weighted by atomic mass is 14.4. The Hall–Kier alpha value is -5.70. The minimum atomic E-state index is -0.194. The van der Waals surface area contributed by atoms with E-state index in [2.05, 4.69) is 98.8 Å². The molecule has 6 aromatic rings. The first-order valence-corrected chi connectivity index (χ1v) is 15.5. The second-order valence-corrected chi connectivity index (χ2v) is 11.6. The Balaban J connectivity index is 0.00000175. The molecule has 0 saturated carbocycles. The van der Waals surface area contributed by atoms with Crippen LogP contribution in [0, 0.1) is 22.7 Å². The molecule has 2 nitrogen and oxygen atoms in total. The highest BCUT2D eigenvalue weighted by Gasteiger charge is 2.36. The van der Waals surface area contributed by atoms with Gasteiger partial charge in [0, 0.05) is 16.5 Å². The SMILES string of the molecule is CC.CC1(C)c2cc(-c3ccc(C#N)cc3)ccc2-c2ccc(-c3cc(-c4ccccc4)c(C#N)c(-c4ccccc4)c3)cc21. The van der Waals surface area contributed by atoms with Crippen LogP contribution in [-0.4, -0.2) is 0 Å². The lowest BCUT2D eigenvalue weighted by atomic mass is 9.80. The average molecular weight is 579 g/mol. The zero-order valence-electron chi connectivity index (χ0n) is 26.1. The number of rotatable bonds is 4. The van der Waals surface area contributed by atoms with Crippen LogP contribution in [0.1, 0.15) is 49.9 Å². The highest BCUT2D eigenvalue weighted by molar-refractivity contribution is 5.90. The van der Waals surface area contributed by atoms with Crippen LogP contribution in [0.2, 0.25) is 0 Å². The third-order valence-corrected chi connectivity index (χ3v) is 8.78. The highest BCUT2D eigenvalue weighted by Crippen LogP contribution is 2.51. The summed E-state index contributed by atoms with van der Waals surface area (Å²) < 4.78 is 0. The zero-order chi connectivity index (χ0) is 31.6. The Morgan fingerprint density at radius 1 is 0.422 bits per heavy atom. The average Bonchev–Trinajstić information content (AvgIpc) is 3.34. The molecule has 216 valence electrons. The van der Waals surface area contributed by atoms with Gasteiger partial charge in [0.1, 0.15) is 6.07 Å². The number of nitriles is 2. The molecule has 0 aromatic heterocycles. The van der Waals surface area contributed by atoms with Gasteiger partial charge in [-0.05, 0) is 92.0 Å². The molecule has 0 N–H and O–H groups in total.